The number of H-pyrrole nitrogens is 1. The van der Waals surface area contributed by atoms with Gasteiger partial charge in [0, 0.05) is 6.20 Å². The second-order valence-electron chi connectivity index (χ2n) is 5.38. The molecule has 1 heterocycles. The van der Waals surface area contributed by atoms with Crippen LogP contribution in [0.5, 0.6) is 0 Å². The first kappa shape index (κ1) is 13.5. The zero-order valence-electron chi connectivity index (χ0n) is 11.0. The lowest BCUT2D eigenvalue weighted by Gasteiger charge is -2.20. The molecule has 0 aliphatic heterocycles. The zero-order valence-corrected chi connectivity index (χ0v) is 11.0. The van der Waals surface area contributed by atoms with Crippen LogP contribution in [-0.2, 0) is 11.2 Å². The Morgan fingerprint density at radius 1 is 1.41 bits per heavy atom. The third-order valence-electron chi connectivity index (χ3n) is 2.52. The second-order valence-corrected chi connectivity index (χ2v) is 5.38. The van der Waals surface area contributed by atoms with Gasteiger partial charge in [-0.25, -0.2) is 4.79 Å². The van der Waals surface area contributed by atoms with Crippen LogP contribution in [0.4, 0.5) is 0 Å². The van der Waals surface area contributed by atoms with E-state index in [0.29, 0.717) is 6.42 Å². The molecule has 0 spiro atoms. The number of pyridine rings is 1. The zero-order chi connectivity index (χ0) is 13.2. The highest BCUT2D eigenvalue weighted by Gasteiger charge is 2.22. The minimum Gasteiger partial charge on any atom is -0.465 e. The van der Waals surface area contributed by atoms with Gasteiger partial charge in [-0.1, -0.05) is 20.8 Å². The van der Waals surface area contributed by atoms with Gasteiger partial charge >= 0.3 is 5.97 Å². The Labute approximate surface area is 101 Å². The van der Waals surface area contributed by atoms with E-state index in [4.69, 9.17) is 0 Å². The van der Waals surface area contributed by atoms with Crippen molar-refractivity contribution in [1.82, 2.24) is 4.98 Å². The first-order chi connectivity index (χ1) is 7.76. The average molecular weight is 237 g/mol. The Hall–Kier alpha value is -1.58. The lowest BCUT2D eigenvalue weighted by Crippen LogP contribution is -2.25. The Kier molecular flexibility index (Phi) is 3.76. The van der Waals surface area contributed by atoms with Gasteiger partial charge in [0.25, 0.3) is 5.56 Å². The molecule has 94 valence electrons. The molecule has 0 bridgehead atoms. The molecule has 0 saturated carbocycles. The quantitative estimate of drug-likeness (QED) is 0.801. The van der Waals surface area contributed by atoms with Crippen LogP contribution in [0.3, 0.4) is 0 Å². The lowest BCUT2D eigenvalue weighted by atomic mass is 9.85. The van der Waals surface area contributed by atoms with E-state index in [1.54, 1.807) is 6.20 Å². The van der Waals surface area contributed by atoms with Crippen LogP contribution >= 0.6 is 0 Å². The molecular formula is C13H19NO3. The molecule has 0 amide bonds. The molecule has 0 atom stereocenters. The topological polar surface area (TPSA) is 59.2 Å². The highest BCUT2D eigenvalue weighted by Crippen LogP contribution is 2.24. The summed E-state index contributed by atoms with van der Waals surface area (Å²) in [4.78, 5) is 25.9. The summed E-state index contributed by atoms with van der Waals surface area (Å²) in [7, 11) is 1.28. The summed E-state index contributed by atoms with van der Waals surface area (Å²) < 4.78 is 4.67. The van der Waals surface area contributed by atoms with E-state index in [1.807, 2.05) is 6.92 Å². The average Bonchev–Trinajstić information content (AvgIpc) is 2.21. The molecule has 1 rings (SSSR count). The number of aromatic nitrogens is 1. The molecule has 0 saturated heterocycles. The van der Waals surface area contributed by atoms with Crippen molar-refractivity contribution in [2.24, 2.45) is 5.41 Å². The smallest absolute Gasteiger partial charge is 0.343 e. The van der Waals surface area contributed by atoms with Crippen molar-refractivity contribution >= 4 is 5.97 Å². The predicted molar refractivity (Wildman–Crippen MR) is 66.3 cm³/mol. The summed E-state index contributed by atoms with van der Waals surface area (Å²) in [5.74, 6) is -0.575. The number of hydrogen-bond acceptors (Lipinski definition) is 3. The maximum absolute atomic E-state index is 11.7. The van der Waals surface area contributed by atoms with Crippen molar-refractivity contribution in [3.8, 4) is 0 Å². The number of aromatic amines is 1. The van der Waals surface area contributed by atoms with E-state index < -0.39 is 5.97 Å². The van der Waals surface area contributed by atoms with Gasteiger partial charge in [0.1, 0.15) is 5.56 Å². The van der Waals surface area contributed by atoms with E-state index in [1.165, 1.54) is 7.11 Å². The van der Waals surface area contributed by atoms with Crippen molar-refractivity contribution in [3.63, 3.8) is 0 Å². The van der Waals surface area contributed by atoms with Crippen LogP contribution in [0.15, 0.2) is 11.0 Å². The molecule has 0 unspecified atom stereocenters. The largest absolute Gasteiger partial charge is 0.465 e. The number of nitrogens with one attached hydrogen (secondary N) is 1. The molecule has 0 aromatic carbocycles. The second kappa shape index (κ2) is 4.73. The standard InChI is InChI=1S/C13H19NO3/c1-8-7-14-11(15)10(12(16)17-5)9(8)6-13(2,3)4/h7H,6H2,1-5H3,(H,14,15). The molecule has 0 radical (unpaired) electrons. The molecule has 1 N–H and O–H groups in total. The normalized spacial score (nSPS) is 11.4. The van der Waals surface area contributed by atoms with E-state index in [9.17, 15) is 9.59 Å². The fourth-order valence-corrected chi connectivity index (χ4v) is 1.74. The van der Waals surface area contributed by atoms with Gasteiger partial charge in [0.2, 0.25) is 0 Å². The number of hydrogen-bond donors (Lipinski definition) is 1. The maximum Gasteiger partial charge on any atom is 0.343 e. The molecule has 1 aromatic heterocycles. The minimum atomic E-state index is -0.575. The molecule has 4 nitrogen and oxygen atoms in total. The number of esters is 1. The van der Waals surface area contributed by atoms with Gasteiger partial charge in [-0.05, 0) is 29.9 Å². The van der Waals surface area contributed by atoms with Crippen LogP contribution in [0.25, 0.3) is 0 Å². The fraction of sp³-hybridized carbons (Fsp3) is 0.538. The number of ether oxygens (including phenoxy) is 1. The molecular weight excluding hydrogens is 218 g/mol. The monoisotopic (exact) mass is 237 g/mol. The molecule has 1 aromatic rings. The number of carbonyl (C=O) groups is 1. The third kappa shape index (κ3) is 3.19. The number of aryl methyl sites for hydroxylation is 1. The fourth-order valence-electron chi connectivity index (χ4n) is 1.74. The van der Waals surface area contributed by atoms with Crippen LogP contribution in [0.2, 0.25) is 0 Å². The summed E-state index contributed by atoms with van der Waals surface area (Å²) >= 11 is 0. The van der Waals surface area contributed by atoms with Gasteiger partial charge in [-0.15, -0.1) is 0 Å². The van der Waals surface area contributed by atoms with E-state index >= 15 is 0 Å². The predicted octanol–water partition coefficient (Wildman–Crippen LogP) is 2.06. The van der Waals surface area contributed by atoms with Gasteiger partial charge < -0.3 is 9.72 Å². The van der Waals surface area contributed by atoms with Crippen molar-refractivity contribution in [2.75, 3.05) is 7.11 Å². The van der Waals surface area contributed by atoms with Gasteiger partial charge in [-0.3, -0.25) is 4.79 Å². The molecule has 0 aliphatic carbocycles. The Balaban J connectivity index is 3.40. The van der Waals surface area contributed by atoms with Crippen molar-refractivity contribution in [1.29, 1.82) is 0 Å². The van der Waals surface area contributed by atoms with E-state index in [0.717, 1.165) is 11.1 Å². The lowest BCUT2D eigenvalue weighted by molar-refractivity contribution is 0.0596. The summed E-state index contributed by atoms with van der Waals surface area (Å²) in [6.45, 7) is 8.07. The van der Waals surface area contributed by atoms with Crippen LogP contribution < -0.4 is 5.56 Å². The van der Waals surface area contributed by atoms with E-state index in [2.05, 4.69) is 30.5 Å². The summed E-state index contributed by atoms with van der Waals surface area (Å²) in [5, 5.41) is 0. The first-order valence-corrected chi connectivity index (χ1v) is 5.56. The Morgan fingerprint density at radius 2 is 2.00 bits per heavy atom. The van der Waals surface area contributed by atoms with Gasteiger partial charge in [0.15, 0.2) is 0 Å². The number of methoxy groups -OCH3 is 1. The van der Waals surface area contributed by atoms with Gasteiger partial charge in [-0.2, -0.15) is 0 Å². The molecule has 0 fully saturated rings. The summed E-state index contributed by atoms with van der Waals surface area (Å²) in [5.41, 5.74) is 1.42. The van der Waals surface area contributed by atoms with Crippen LogP contribution in [-0.4, -0.2) is 18.1 Å². The highest BCUT2D eigenvalue weighted by atomic mass is 16.5. The summed E-state index contributed by atoms with van der Waals surface area (Å²) in [6.07, 6.45) is 2.29. The van der Waals surface area contributed by atoms with Crippen molar-refractivity contribution < 1.29 is 9.53 Å². The SMILES string of the molecule is COC(=O)c1c(CC(C)(C)C)c(C)c[nH]c1=O. The van der Waals surface area contributed by atoms with Crippen LogP contribution in [0, 0.1) is 12.3 Å². The van der Waals surface area contributed by atoms with Crippen molar-refractivity contribution in [2.45, 2.75) is 34.1 Å². The van der Waals surface area contributed by atoms with Gasteiger partial charge in [0.05, 0.1) is 7.11 Å². The number of rotatable bonds is 2. The Bertz CT molecular complexity index is 480. The molecule has 17 heavy (non-hydrogen) atoms. The number of carbonyl (C=O) groups excluding carboxylic acids is 1. The van der Waals surface area contributed by atoms with E-state index in [-0.39, 0.29) is 16.5 Å². The molecule has 4 heteroatoms. The van der Waals surface area contributed by atoms with Crippen molar-refractivity contribution in [3.05, 3.63) is 33.2 Å². The first-order valence-electron chi connectivity index (χ1n) is 5.56. The Morgan fingerprint density at radius 3 is 2.47 bits per heavy atom. The molecule has 0 aliphatic rings. The highest BCUT2D eigenvalue weighted by molar-refractivity contribution is 5.90. The summed E-state index contributed by atoms with van der Waals surface area (Å²) in [6, 6.07) is 0. The third-order valence-corrected chi connectivity index (χ3v) is 2.52. The maximum atomic E-state index is 11.7. The van der Waals surface area contributed by atoms with Crippen LogP contribution in [0.1, 0.15) is 42.3 Å². The minimum absolute atomic E-state index is 0.00131.